The predicted octanol–water partition coefficient (Wildman–Crippen LogP) is 1.39. The smallest absolute Gasteiger partial charge is 0.0921 e. The maximum Gasteiger partial charge on any atom is 0.0921 e. The monoisotopic (exact) mass is 223 g/mol. The molecule has 1 saturated carbocycles. The lowest BCUT2D eigenvalue weighted by Crippen LogP contribution is -2.03. The number of nitrogens with one attached hydrogen (secondary N) is 1. The summed E-state index contributed by atoms with van der Waals surface area (Å²) in [6, 6.07) is 0. The summed E-state index contributed by atoms with van der Waals surface area (Å²) in [6.45, 7) is 0.846. The molecule has 0 saturated heterocycles. The van der Waals surface area contributed by atoms with Crippen molar-refractivity contribution >= 4 is 24.8 Å². The van der Waals surface area contributed by atoms with Crippen molar-refractivity contribution in [2.45, 2.75) is 12.8 Å². The van der Waals surface area contributed by atoms with Gasteiger partial charge in [-0.15, -0.1) is 24.8 Å². The lowest BCUT2D eigenvalue weighted by atomic mass is 10.2. The number of rotatable bonds is 3. The SMILES string of the molecule is Cl.Cl.NC[C@H]1C[C@H]1Cc1cnc[nH]1. The van der Waals surface area contributed by atoms with Crippen LogP contribution in [0.1, 0.15) is 12.1 Å². The average molecular weight is 224 g/mol. The van der Waals surface area contributed by atoms with E-state index in [-0.39, 0.29) is 24.8 Å². The van der Waals surface area contributed by atoms with Gasteiger partial charge in [0.1, 0.15) is 0 Å². The van der Waals surface area contributed by atoms with Gasteiger partial charge < -0.3 is 10.7 Å². The average Bonchev–Trinajstić information content (AvgIpc) is 2.54. The summed E-state index contributed by atoms with van der Waals surface area (Å²) >= 11 is 0. The molecule has 13 heavy (non-hydrogen) atoms. The molecule has 0 bridgehead atoms. The maximum atomic E-state index is 5.53. The van der Waals surface area contributed by atoms with Gasteiger partial charge in [-0.2, -0.15) is 0 Å². The molecule has 0 radical (unpaired) electrons. The van der Waals surface area contributed by atoms with Crippen LogP contribution in [0.3, 0.4) is 0 Å². The van der Waals surface area contributed by atoms with Crippen molar-refractivity contribution in [3.8, 4) is 0 Å². The molecule has 1 aliphatic carbocycles. The summed E-state index contributed by atoms with van der Waals surface area (Å²) in [5.74, 6) is 1.60. The zero-order valence-corrected chi connectivity index (χ0v) is 8.90. The first-order valence-electron chi connectivity index (χ1n) is 4.07. The van der Waals surface area contributed by atoms with Crippen molar-refractivity contribution in [3.05, 3.63) is 18.2 Å². The highest BCUT2D eigenvalue weighted by atomic mass is 35.5. The number of hydrogen-bond acceptors (Lipinski definition) is 2. The van der Waals surface area contributed by atoms with E-state index >= 15 is 0 Å². The summed E-state index contributed by atoms with van der Waals surface area (Å²) in [6.07, 6.45) is 6.05. The van der Waals surface area contributed by atoms with Gasteiger partial charge in [0, 0.05) is 11.9 Å². The quantitative estimate of drug-likeness (QED) is 0.815. The first-order chi connectivity index (χ1) is 5.40. The summed E-state index contributed by atoms with van der Waals surface area (Å²) < 4.78 is 0. The summed E-state index contributed by atoms with van der Waals surface area (Å²) in [4.78, 5) is 7.07. The van der Waals surface area contributed by atoms with Crippen LogP contribution in [0.2, 0.25) is 0 Å². The van der Waals surface area contributed by atoms with E-state index in [2.05, 4.69) is 9.97 Å². The van der Waals surface area contributed by atoms with Crippen molar-refractivity contribution in [3.63, 3.8) is 0 Å². The third-order valence-electron chi connectivity index (χ3n) is 2.41. The number of imidazole rings is 1. The van der Waals surface area contributed by atoms with Crippen LogP contribution in [0.4, 0.5) is 0 Å². The molecule has 1 fully saturated rings. The molecular weight excluding hydrogens is 209 g/mol. The Hall–Kier alpha value is -0.250. The van der Waals surface area contributed by atoms with E-state index in [1.165, 1.54) is 12.1 Å². The van der Waals surface area contributed by atoms with Crippen LogP contribution in [0, 0.1) is 11.8 Å². The zero-order valence-electron chi connectivity index (χ0n) is 7.27. The summed E-state index contributed by atoms with van der Waals surface area (Å²) in [5, 5.41) is 0. The van der Waals surface area contributed by atoms with Gasteiger partial charge in [-0.25, -0.2) is 4.98 Å². The molecule has 5 heteroatoms. The van der Waals surface area contributed by atoms with Gasteiger partial charge in [0.2, 0.25) is 0 Å². The van der Waals surface area contributed by atoms with Crippen LogP contribution in [0.15, 0.2) is 12.5 Å². The highest BCUT2D eigenvalue weighted by Crippen LogP contribution is 2.39. The van der Waals surface area contributed by atoms with Gasteiger partial charge in [0.05, 0.1) is 6.33 Å². The highest BCUT2D eigenvalue weighted by Gasteiger charge is 2.35. The molecule has 0 aliphatic heterocycles. The minimum Gasteiger partial charge on any atom is -0.348 e. The number of nitrogens with two attached hydrogens (primary N) is 1. The van der Waals surface area contributed by atoms with Crippen molar-refractivity contribution in [1.29, 1.82) is 0 Å². The number of aromatic nitrogens is 2. The van der Waals surface area contributed by atoms with E-state index in [4.69, 9.17) is 5.73 Å². The molecule has 3 nitrogen and oxygen atoms in total. The maximum absolute atomic E-state index is 5.53. The van der Waals surface area contributed by atoms with Crippen molar-refractivity contribution in [2.24, 2.45) is 17.6 Å². The first kappa shape index (κ1) is 12.8. The molecule has 3 N–H and O–H groups in total. The van der Waals surface area contributed by atoms with Gasteiger partial charge in [-0.3, -0.25) is 0 Å². The molecule has 0 unspecified atom stereocenters. The number of halogens is 2. The molecule has 0 amide bonds. The molecule has 1 heterocycles. The molecule has 0 aromatic carbocycles. The Labute approximate surface area is 90.3 Å². The molecule has 0 spiro atoms. The molecule has 1 aromatic heterocycles. The van der Waals surface area contributed by atoms with Crippen LogP contribution < -0.4 is 5.73 Å². The van der Waals surface area contributed by atoms with Gasteiger partial charge in [-0.1, -0.05) is 0 Å². The number of aromatic amines is 1. The fourth-order valence-electron chi connectivity index (χ4n) is 1.53. The highest BCUT2D eigenvalue weighted by molar-refractivity contribution is 5.85. The Kier molecular flexibility index (Phi) is 5.37. The lowest BCUT2D eigenvalue weighted by molar-refractivity contribution is 0.696. The minimum absolute atomic E-state index is 0. The van der Waals surface area contributed by atoms with Crippen molar-refractivity contribution in [1.82, 2.24) is 9.97 Å². The fraction of sp³-hybridized carbons (Fsp3) is 0.625. The molecule has 76 valence electrons. The molecule has 2 rings (SSSR count). The third kappa shape index (κ3) is 3.18. The first-order valence-corrected chi connectivity index (χ1v) is 4.07. The Bertz CT molecular complexity index is 225. The van der Waals surface area contributed by atoms with E-state index in [9.17, 15) is 0 Å². The summed E-state index contributed by atoms with van der Waals surface area (Å²) in [5.41, 5.74) is 6.77. The van der Waals surface area contributed by atoms with E-state index in [1.807, 2.05) is 6.20 Å². The Balaban J connectivity index is 0.000000720. The van der Waals surface area contributed by atoms with E-state index in [0.29, 0.717) is 0 Å². The van der Waals surface area contributed by atoms with Gasteiger partial charge in [0.15, 0.2) is 0 Å². The normalized spacial score (nSPS) is 24.4. The van der Waals surface area contributed by atoms with E-state index in [0.717, 1.165) is 24.8 Å². The van der Waals surface area contributed by atoms with Crippen LogP contribution in [-0.4, -0.2) is 16.5 Å². The van der Waals surface area contributed by atoms with Crippen LogP contribution in [0.5, 0.6) is 0 Å². The Morgan fingerprint density at radius 1 is 1.46 bits per heavy atom. The second-order valence-electron chi connectivity index (χ2n) is 3.27. The van der Waals surface area contributed by atoms with E-state index in [1.54, 1.807) is 6.33 Å². The van der Waals surface area contributed by atoms with Crippen LogP contribution >= 0.6 is 24.8 Å². The van der Waals surface area contributed by atoms with E-state index < -0.39 is 0 Å². The number of hydrogen-bond donors (Lipinski definition) is 2. The molecule has 1 aliphatic rings. The zero-order chi connectivity index (χ0) is 7.68. The largest absolute Gasteiger partial charge is 0.348 e. The molecule has 2 atom stereocenters. The second-order valence-corrected chi connectivity index (χ2v) is 3.27. The topological polar surface area (TPSA) is 54.7 Å². The standard InChI is InChI=1S/C8H13N3.2ClH/c9-3-7-1-6(7)2-8-4-10-5-11-8;;/h4-7H,1-3,9H2,(H,10,11);2*1H/t6-,7+;;/m0../s1. The Morgan fingerprint density at radius 2 is 2.23 bits per heavy atom. The minimum atomic E-state index is 0. The summed E-state index contributed by atoms with van der Waals surface area (Å²) in [7, 11) is 0. The third-order valence-corrected chi connectivity index (χ3v) is 2.41. The van der Waals surface area contributed by atoms with Crippen LogP contribution in [0.25, 0.3) is 0 Å². The number of nitrogens with zero attached hydrogens (tertiary/aromatic N) is 1. The number of H-pyrrole nitrogens is 1. The van der Waals surface area contributed by atoms with Crippen LogP contribution in [-0.2, 0) is 6.42 Å². The van der Waals surface area contributed by atoms with Gasteiger partial charge in [-0.05, 0) is 31.2 Å². The molecule has 1 aromatic rings. The Morgan fingerprint density at radius 3 is 2.69 bits per heavy atom. The fourth-order valence-corrected chi connectivity index (χ4v) is 1.53. The van der Waals surface area contributed by atoms with Crippen molar-refractivity contribution < 1.29 is 0 Å². The van der Waals surface area contributed by atoms with Gasteiger partial charge >= 0.3 is 0 Å². The predicted molar refractivity (Wildman–Crippen MR) is 57.4 cm³/mol. The van der Waals surface area contributed by atoms with Crippen molar-refractivity contribution in [2.75, 3.05) is 6.54 Å². The van der Waals surface area contributed by atoms with Gasteiger partial charge in [0.25, 0.3) is 0 Å². The molecular formula is C8H15Cl2N3. The second kappa shape index (κ2) is 5.47. The lowest BCUT2D eigenvalue weighted by Gasteiger charge is -1.93.